The van der Waals surface area contributed by atoms with Crippen LogP contribution in [0.2, 0.25) is 0 Å². The fourth-order valence-electron chi connectivity index (χ4n) is 4.89. The Morgan fingerprint density at radius 1 is 0.857 bits per heavy atom. The molecule has 1 aromatic rings. The van der Waals surface area contributed by atoms with Crippen LogP contribution in [0.25, 0.3) is 0 Å². The topological polar surface area (TPSA) is 9.23 Å². The van der Waals surface area contributed by atoms with Gasteiger partial charge in [0.25, 0.3) is 0 Å². The van der Waals surface area contributed by atoms with Crippen molar-refractivity contribution in [3.05, 3.63) is 29.6 Å². The molecule has 0 bridgehead atoms. The number of benzene rings is 1. The van der Waals surface area contributed by atoms with Gasteiger partial charge in [-0.3, -0.25) is 0 Å². The molecular weight excluding hydrogens is 375 g/mol. The minimum absolute atomic E-state index is 0.231. The highest BCUT2D eigenvalue weighted by Crippen LogP contribution is 2.42. The van der Waals surface area contributed by atoms with E-state index in [0.29, 0.717) is 18.6 Å². The Morgan fingerprint density at radius 3 is 1.89 bits per heavy atom. The number of hydrogen-bond donors (Lipinski definition) is 0. The molecule has 0 unspecified atom stereocenters. The monoisotopic (exact) mass is 404 g/mol. The first-order valence-electron chi connectivity index (χ1n) is 10.4. The summed E-state index contributed by atoms with van der Waals surface area (Å²) in [5.74, 6) is -2.89. The van der Waals surface area contributed by atoms with Crippen molar-refractivity contribution in [3.8, 4) is 5.75 Å². The van der Waals surface area contributed by atoms with Crippen LogP contribution in [-0.2, 0) is 0 Å². The molecule has 158 valence electrons. The average Bonchev–Trinajstić information content (AvgIpc) is 2.65. The van der Waals surface area contributed by atoms with Gasteiger partial charge in [-0.1, -0.05) is 32.6 Å². The quantitative estimate of drug-likeness (QED) is 0.353. The summed E-state index contributed by atoms with van der Waals surface area (Å²) in [5, 5.41) is 0. The lowest BCUT2D eigenvalue weighted by Gasteiger charge is -2.37. The third-order valence-corrected chi connectivity index (χ3v) is 6.69. The van der Waals surface area contributed by atoms with Gasteiger partial charge in [0.2, 0.25) is 0 Å². The van der Waals surface area contributed by atoms with Crippen molar-refractivity contribution in [2.24, 2.45) is 23.7 Å². The molecule has 2 aliphatic rings. The second-order valence-corrected chi connectivity index (χ2v) is 8.78. The van der Waals surface area contributed by atoms with E-state index in [1.165, 1.54) is 25.7 Å². The van der Waals surface area contributed by atoms with Crippen molar-refractivity contribution in [2.45, 2.75) is 77.2 Å². The normalized spacial score (nSPS) is 28.9. The lowest BCUT2D eigenvalue weighted by molar-refractivity contribution is -0.183. The van der Waals surface area contributed by atoms with Crippen LogP contribution in [0.3, 0.4) is 0 Å². The zero-order valence-electron chi connectivity index (χ0n) is 16.3. The van der Waals surface area contributed by atoms with E-state index in [0.717, 1.165) is 43.4 Å². The van der Waals surface area contributed by atoms with Gasteiger partial charge in [-0.05, 0) is 55.8 Å². The van der Waals surface area contributed by atoms with E-state index in [9.17, 15) is 22.0 Å². The van der Waals surface area contributed by atoms with Gasteiger partial charge in [0, 0.05) is 12.1 Å². The van der Waals surface area contributed by atoms with Crippen LogP contribution in [0.1, 0.15) is 71.1 Å². The molecule has 0 amide bonds. The second-order valence-electron chi connectivity index (χ2n) is 8.78. The summed E-state index contributed by atoms with van der Waals surface area (Å²) in [6.45, 7) is 2.31. The lowest BCUT2D eigenvalue weighted by Crippen LogP contribution is -2.28. The van der Waals surface area contributed by atoms with Crippen molar-refractivity contribution in [3.63, 3.8) is 0 Å². The predicted molar refractivity (Wildman–Crippen MR) is 97.7 cm³/mol. The maximum atomic E-state index is 14.1. The summed E-state index contributed by atoms with van der Waals surface area (Å²) in [7, 11) is 0. The van der Waals surface area contributed by atoms with Gasteiger partial charge in [-0.25, -0.2) is 13.2 Å². The van der Waals surface area contributed by atoms with Crippen molar-refractivity contribution in [1.29, 1.82) is 0 Å². The molecular formula is C22H29F5O. The zero-order valence-corrected chi connectivity index (χ0v) is 16.3. The van der Waals surface area contributed by atoms with Crippen LogP contribution in [-0.4, -0.2) is 6.11 Å². The van der Waals surface area contributed by atoms with E-state index in [1.54, 1.807) is 0 Å². The van der Waals surface area contributed by atoms with Crippen LogP contribution >= 0.6 is 0 Å². The smallest absolute Gasteiger partial charge is 0.397 e. The number of ether oxygens (including phenoxy) is 1. The van der Waals surface area contributed by atoms with E-state index in [4.69, 9.17) is 0 Å². The Morgan fingerprint density at radius 2 is 1.36 bits per heavy atom. The molecule has 6 heteroatoms. The van der Waals surface area contributed by atoms with E-state index < -0.39 is 35.7 Å². The predicted octanol–water partition coefficient (Wildman–Crippen LogP) is 7.49. The molecule has 0 aliphatic heterocycles. The molecule has 0 saturated heterocycles. The van der Waals surface area contributed by atoms with Crippen molar-refractivity contribution >= 4 is 0 Å². The number of alkyl halides is 2. The van der Waals surface area contributed by atoms with Gasteiger partial charge in [0.15, 0.2) is 17.5 Å². The molecule has 0 N–H and O–H groups in total. The first kappa shape index (κ1) is 21.4. The summed E-state index contributed by atoms with van der Waals surface area (Å²) >= 11 is 0. The van der Waals surface area contributed by atoms with E-state index >= 15 is 0 Å². The average molecular weight is 404 g/mol. The Kier molecular flexibility index (Phi) is 6.87. The molecule has 0 aromatic heterocycles. The fraction of sp³-hybridized carbons (Fsp3) is 0.727. The minimum Gasteiger partial charge on any atom is -0.432 e. The van der Waals surface area contributed by atoms with Gasteiger partial charge in [-0.15, -0.1) is 0 Å². The maximum absolute atomic E-state index is 14.1. The number of hydrogen-bond acceptors (Lipinski definition) is 1. The SMILES string of the molecule is CC1CCC(C2CCC(CCC(F)(F)Oc3cc(F)c(F)c(F)c3)CC2)CC1. The minimum atomic E-state index is -3.53. The summed E-state index contributed by atoms with van der Waals surface area (Å²) < 4.78 is 71.9. The highest BCUT2D eigenvalue weighted by atomic mass is 19.3. The summed E-state index contributed by atoms with van der Waals surface area (Å²) in [5.41, 5.74) is 0. The fourth-order valence-corrected chi connectivity index (χ4v) is 4.89. The Labute approximate surface area is 163 Å². The van der Waals surface area contributed by atoms with Crippen LogP contribution in [0, 0.1) is 41.1 Å². The molecule has 0 heterocycles. The molecule has 28 heavy (non-hydrogen) atoms. The second kappa shape index (κ2) is 9.00. The molecule has 0 spiro atoms. The molecule has 2 saturated carbocycles. The van der Waals surface area contributed by atoms with E-state index in [1.807, 2.05) is 0 Å². The summed E-state index contributed by atoms with van der Waals surface area (Å²) in [6, 6.07) is 0.894. The van der Waals surface area contributed by atoms with E-state index in [-0.39, 0.29) is 5.92 Å². The standard InChI is InChI=1S/C22H29F5O/c1-14-2-6-16(7-3-14)17-8-4-15(5-9-17)10-11-22(26,27)28-18-12-19(23)21(25)20(24)13-18/h12-17H,2-11H2,1H3. The van der Waals surface area contributed by atoms with E-state index in [2.05, 4.69) is 11.7 Å². The first-order valence-corrected chi connectivity index (χ1v) is 10.4. The molecule has 0 radical (unpaired) electrons. The molecule has 2 aliphatic carbocycles. The Balaban J connectivity index is 1.44. The molecule has 3 rings (SSSR count). The van der Waals surface area contributed by atoms with Gasteiger partial charge in [-0.2, -0.15) is 8.78 Å². The van der Waals surface area contributed by atoms with Crippen LogP contribution in [0.5, 0.6) is 5.75 Å². The highest BCUT2D eigenvalue weighted by molar-refractivity contribution is 5.25. The van der Waals surface area contributed by atoms with Crippen LogP contribution in [0.15, 0.2) is 12.1 Å². The highest BCUT2D eigenvalue weighted by Gasteiger charge is 2.35. The third-order valence-electron chi connectivity index (χ3n) is 6.69. The zero-order chi connectivity index (χ0) is 20.3. The van der Waals surface area contributed by atoms with Crippen molar-refractivity contribution in [2.75, 3.05) is 0 Å². The van der Waals surface area contributed by atoms with Crippen LogP contribution < -0.4 is 4.74 Å². The summed E-state index contributed by atoms with van der Waals surface area (Å²) in [6.07, 6.45) is 5.58. The number of halogens is 5. The van der Waals surface area contributed by atoms with Gasteiger partial charge < -0.3 is 4.74 Å². The first-order chi connectivity index (χ1) is 13.2. The van der Waals surface area contributed by atoms with Crippen LogP contribution in [0.4, 0.5) is 22.0 Å². The Hall–Kier alpha value is -1.33. The van der Waals surface area contributed by atoms with Gasteiger partial charge >= 0.3 is 6.11 Å². The maximum Gasteiger partial charge on any atom is 0.397 e. The molecule has 1 aromatic carbocycles. The lowest BCUT2D eigenvalue weighted by atomic mass is 9.69. The van der Waals surface area contributed by atoms with Crippen molar-refractivity contribution < 1.29 is 26.7 Å². The van der Waals surface area contributed by atoms with Gasteiger partial charge in [0.1, 0.15) is 5.75 Å². The molecule has 0 atom stereocenters. The van der Waals surface area contributed by atoms with Gasteiger partial charge in [0.05, 0.1) is 6.42 Å². The molecule has 1 nitrogen and oxygen atoms in total. The largest absolute Gasteiger partial charge is 0.432 e. The number of rotatable bonds is 6. The Bertz CT molecular complexity index is 623. The third kappa shape index (κ3) is 5.60. The van der Waals surface area contributed by atoms with Crippen molar-refractivity contribution in [1.82, 2.24) is 0 Å². The molecule has 2 fully saturated rings. The summed E-state index contributed by atoms with van der Waals surface area (Å²) in [4.78, 5) is 0.